The number of rotatable bonds is 7. The van der Waals surface area contributed by atoms with E-state index in [1.807, 2.05) is 11.3 Å². The zero-order chi connectivity index (χ0) is 40.3. The second-order valence-electron chi connectivity index (χ2n) is 17.9. The van der Waals surface area contributed by atoms with Crippen LogP contribution in [0.4, 0.5) is 5.69 Å². The second kappa shape index (κ2) is 15.5. The van der Waals surface area contributed by atoms with Crippen LogP contribution in [-0.2, 0) is 4.74 Å². The Kier molecular flexibility index (Phi) is 9.40. The molecule has 0 amide bonds. The number of fused-ring (bicyclic) bond motifs is 5. The largest absolute Gasteiger partial charge is 0.485 e. The van der Waals surface area contributed by atoms with E-state index in [1.54, 1.807) is 16.7 Å². The number of benzene rings is 3. The average molecular weight is 810 g/mol. The summed E-state index contributed by atoms with van der Waals surface area (Å²) in [6.45, 7) is 0. The Bertz CT molecular complexity index is 2950. The van der Waals surface area contributed by atoms with Crippen molar-refractivity contribution in [3.63, 3.8) is 0 Å². The molecule has 0 bridgehead atoms. The van der Waals surface area contributed by atoms with E-state index < -0.39 is 0 Å². The van der Waals surface area contributed by atoms with Gasteiger partial charge < -0.3 is 9.64 Å². The number of hydrogen-bond donors (Lipinski definition) is 0. The molecule has 0 saturated heterocycles. The fourth-order valence-corrected chi connectivity index (χ4v) is 12.3. The van der Waals surface area contributed by atoms with E-state index >= 15 is 0 Å². The first kappa shape index (κ1) is 36.9. The van der Waals surface area contributed by atoms with Crippen molar-refractivity contribution in [2.45, 2.75) is 76.2 Å². The Hall–Kier alpha value is -5.90. The topological polar surface area (TPSA) is 12.5 Å². The predicted octanol–water partition coefficient (Wildman–Crippen LogP) is 13.5. The van der Waals surface area contributed by atoms with Gasteiger partial charge in [0.25, 0.3) is 0 Å². The third kappa shape index (κ3) is 6.79. The number of ether oxygens (including phenoxy) is 1. The summed E-state index contributed by atoms with van der Waals surface area (Å²) in [5.74, 6) is 2.16. The van der Waals surface area contributed by atoms with Crippen LogP contribution in [-0.4, -0.2) is 6.10 Å². The van der Waals surface area contributed by atoms with E-state index in [9.17, 15) is 0 Å². The molecule has 0 saturated carbocycles. The number of anilines is 1. The van der Waals surface area contributed by atoms with E-state index in [1.165, 1.54) is 89.6 Å². The Balaban J connectivity index is 0.832. The van der Waals surface area contributed by atoms with Crippen molar-refractivity contribution in [3.8, 4) is 0 Å². The first-order valence-electron chi connectivity index (χ1n) is 22.7. The molecule has 0 spiro atoms. The Labute approximate surface area is 364 Å². The lowest BCUT2D eigenvalue weighted by atomic mass is 9.79. The zero-order valence-corrected chi connectivity index (χ0v) is 35.5. The minimum atomic E-state index is 0.0889. The normalized spacial score (nSPS) is 25.0. The molecule has 300 valence electrons. The molecule has 3 heteroatoms. The van der Waals surface area contributed by atoms with Gasteiger partial charge in [0, 0.05) is 49.6 Å². The van der Waals surface area contributed by atoms with Gasteiger partial charge in [0.05, 0.1) is 0 Å². The first-order valence-corrected chi connectivity index (χ1v) is 23.5. The maximum atomic E-state index is 6.70. The molecule has 4 atom stereocenters. The van der Waals surface area contributed by atoms with Gasteiger partial charge in [-0.1, -0.05) is 127 Å². The van der Waals surface area contributed by atoms with Crippen molar-refractivity contribution in [2.75, 3.05) is 4.90 Å². The molecule has 12 rings (SSSR count). The summed E-state index contributed by atoms with van der Waals surface area (Å²) in [4.78, 5) is 2.55. The highest BCUT2D eigenvalue weighted by Gasteiger charge is 2.39. The van der Waals surface area contributed by atoms with Crippen LogP contribution in [0, 0.1) is 11.8 Å². The summed E-state index contributed by atoms with van der Waals surface area (Å²) >= 11 is 1.93. The van der Waals surface area contributed by atoms with Crippen molar-refractivity contribution in [3.05, 3.63) is 223 Å². The first-order chi connectivity index (χ1) is 30.2. The lowest BCUT2D eigenvalue weighted by molar-refractivity contribution is 0.175. The number of thiophene rings is 1. The minimum Gasteiger partial charge on any atom is -0.485 e. The maximum absolute atomic E-state index is 6.70. The fourth-order valence-electron chi connectivity index (χ4n) is 11.1. The van der Waals surface area contributed by atoms with Crippen LogP contribution in [0.15, 0.2) is 202 Å². The van der Waals surface area contributed by atoms with Crippen molar-refractivity contribution in [1.82, 2.24) is 0 Å². The lowest BCUT2D eigenvalue weighted by Crippen LogP contribution is -2.25. The van der Waals surface area contributed by atoms with Gasteiger partial charge in [-0.2, -0.15) is 0 Å². The van der Waals surface area contributed by atoms with E-state index in [-0.39, 0.29) is 6.10 Å². The van der Waals surface area contributed by atoms with Gasteiger partial charge in [-0.05, 0) is 156 Å². The third-order valence-corrected chi connectivity index (χ3v) is 15.5. The van der Waals surface area contributed by atoms with Crippen molar-refractivity contribution in [1.29, 1.82) is 0 Å². The highest BCUT2D eigenvalue weighted by molar-refractivity contribution is 7.17. The van der Waals surface area contributed by atoms with Crippen molar-refractivity contribution in [2.24, 2.45) is 11.8 Å². The van der Waals surface area contributed by atoms with Gasteiger partial charge in [0.1, 0.15) is 11.9 Å². The smallest absolute Gasteiger partial charge is 0.127 e. The van der Waals surface area contributed by atoms with Crippen LogP contribution >= 0.6 is 11.3 Å². The quantitative estimate of drug-likeness (QED) is 0.184. The lowest BCUT2D eigenvalue weighted by Gasteiger charge is -2.33. The summed E-state index contributed by atoms with van der Waals surface area (Å²) < 4.78 is 9.49. The van der Waals surface area contributed by atoms with Gasteiger partial charge >= 0.3 is 0 Å². The van der Waals surface area contributed by atoms with Gasteiger partial charge in [-0.25, -0.2) is 0 Å². The molecule has 3 aromatic carbocycles. The van der Waals surface area contributed by atoms with E-state index in [2.05, 4.69) is 169 Å². The zero-order valence-electron chi connectivity index (χ0n) is 34.7. The molecule has 8 aliphatic rings. The van der Waals surface area contributed by atoms with Gasteiger partial charge in [-0.15, -0.1) is 11.3 Å². The van der Waals surface area contributed by atoms with Gasteiger partial charge in [-0.3, -0.25) is 0 Å². The molecular formula is C58H51NOS. The molecule has 1 aliphatic heterocycles. The second-order valence-corrected chi connectivity index (χ2v) is 19.0. The van der Waals surface area contributed by atoms with Crippen LogP contribution in [0.3, 0.4) is 0 Å². The van der Waals surface area contributed by atoms with Crippen molar-refractivity contribution < 1.29 is 4.74 Å². The molecule has 4 unspecified atom stereocenters. The van der Waals surface area contributed by atoms with E-state index in [0.29, 0.717) is 17.8 Å². The maximum Gasteiger partial charge on any atom is 0.127 e. The van der Waals surface area contributed by atoms with Crippen LogP contribution in [0.1, 0.15) is 81.3 Å². The molecule has 0 N–H and O–H groups in total. The molecule has 61 heavy (non-hydrogen) atoms. The summed E-state index contributed by atoms with van der Waals surface area (Å²) in [6, 6.07) is 29.1. The molecule has 4 aromatic rings. The highest BCUT2D eigenvalue weighted by atomic mass is 32.1. The van der Waals surface area contributed by atoms with E-state index in [0.717, 1.165) is 50.7 Å². The fraction of sp³-hybridized carbons (Fsp3) is 0.241. The molecule has 2 heterocycles. The molecule has 1 aromatic heterocycles. The molecular weight excluding hydrogens is 759 g/mol. The molecule has 0 radical (unpaired) electrons. The molecule has 7 aliphatic carbocycles. The number of hydrogen-bond acceptors (Lipinski definition) is 3. The monoisotopic (exact) mass is 809 g/mol. The van der Waals surface area contributed by atoms with Gasteiger partial charge in [0.2, 0.25) is 0 Å². The minimum absolute atomic E-state index is 0.0889. The average Bonchev–Trinajstić information content (AvgIpc) is 3.90. The van der Waals surface area contributed by atoms with Crippen LogP contribution in [0.25, 0.3) is 27.8 Å². The molecule has 0 fully saturated rings. The molecule has 2 nitrogen and oxygen atoms in total. The van der Waals surface area contributed by atoms with Gasteiger partial charge in [0.15, 0.2) is 0 Å². The van der Waals surface area contributed by atoms with Crippen LogP contribution in [0.2, 0.25) is 0 Å². The SMILES string of the molecule is C1=CC2=C(C=C(C3=CC=C(N(C4=CCC(C5=CC6C7=C(OC6C=C5)C(c5ccccc5)=CCC7)C=C4)c4ccc(C5C=c6sc7ccccc7c6=CC5)cc4)CC3)CC2)CC1. The Morgan fingerprint density at radius 3 is 2.39 bits per heavy atom. The highest BCUT2D eigenvalue weighted by Crippen LogP contribution is 2.48. The Morgan fingerprint density at radius 1 is 0.656 bits per heavy atom. The standard InChI is InChI=1S/C58H51NOS/c1-2-10-42(11-3-1)50-14-8-15-53-54-36-45(26-34-55(54)60-58(50)53)40-21-29-48(30-22-40)59(47-27-19-39(20-28-47)44-18-17-38-9-4-5-12-43(38)35-44)49-31-23-41(24-32-49)46-25-33-52-51-13-6-7-16-56(51)61-57(52)37-46/h1-4,6-7,9-11,13-14,16,19,21,23-24,26-27,29-37,40,46,54-55H,5,8,12,15,17-18,20,22,25,28H2. The van der Waals surface area contributed by atoms with Crippen molar-refractivity contribution >= 4 is 44.8 Å². The van der Waals surface area contributed by atoms with Crippen LogP contribution < -0.4 is 14.7 Å². The predicted molar refractivity (Wildman–Crippen MR) is 256 cm³/mol. The Morgan fingerprint density at radius 2 is 1.52 bits per heavy atom. The third-order valence-electron chi connectivity index (χ3n) is 14.3. The summed E-state index contributed by atoms with van der Waals surface area (Å²) in [5, 5.41) is 2.81. The van der Waals surface area contributed by atoms with Crippen LogP contribution in [0.5, 0.6) is 0 Å². The summed E-state index contributed by atoms with van der Waals surface area (Å²) in [5.41, 5.74) is 16.9. The number of nitrogens with zero attached hydrogens (tertiary/aromatic N) is 1. The summed E-state index contributed by atoms with van der Waals surface area (Å²) in [6.07, 6.45) is 45.0. The van der Waals surface area contributed by atoms with E-state index in [4.69, 9.17) is 4.74 Å². The number of allylic oxidation sites excluding steroid dienone is 17. The summed E-state index contributed by atoms with van der Waals surface area (Å²) in [7, 11) is 0.